The van der Waals surface area contributed by atoms with Crippen molar-refractivity contribution in [3.05, 3.63) is 65.9 Å². The van der Waals surface area contributed by atoms with E-state index in [1.54, 1.807) is 18.3 Å². The fourth-order valence-corrected chi connectivity index (χ4v) is 4.85. The van der Waals surface area contributed by atoms with Crippen LogP contribution in [0.1, 0.15) is 17.5 Å². The molecule has 0 bridgehead atoms. The van der Waals surface area contributed by atoms with E-state index in [1.807, 2.05) is 30.5 Å². The van der Waals surface area contributed by atoms with Gasteiger partial charge >= 0.3 is 5.97 Å². The van der Waals surface area contributed by atoms with Gasteiger partial charge in [-0.1, -0.05) is 30.3 Å². The number of carbonyl (C=O) groups excluding carboxylic acids is 3. The maximum absolute atomic E-state index is 13.6. The van der Waals surface area contributed by atoms with Gasteiger partial charge in [-0.25, -0.2) is 4.79 Å². The molecule has 0 saturated heterocycles. The Labute approximate surface area is 247 Å². The van der Waals surface area contributed by atoms with Crippen molar-refractivity contribution in [2.24, 2.45) is 5.73 Å². The molecular weight excluding hydrogens is 566 g/mol. The molecule has 3 amide bonds. The second kappa shape index (κ2) is 15.4. The topological polar surface area (TPSA) is 187 Å². The van der Waals surface area contributed by atoms with Crippen LogP contribution in [0.2, 0.25) is 0 Å². The van der Waals surface area contributed by atoms with Crippen LogP contribution in [0.15, 0.2) is 54.7 Å². The van der Waals surface area contributed by atoms with Gasteiger partial charge in [0.15, 0.2) is 0 Å². The Balaban J connectivity index is 1.86. The predicted octanol–water partition coefficient (Wildman–Crippen LogP) is 1.21. The highest BCUT2D eigenvalue weighted by Gasteiger charge is 2.31. The van der Waals surface area contributed by atoms with E-state index in [1.165, 1.54) is 23.9 Å². The normalized spacial score (nSPS) is 14.0. The first-order valence-electron chi connectivity index (χ1n) is 12.9. The summed E-state index contributed by atoms with van der Waals surface area (Å²) in [5.41, 5.74) is 7.96. The minimum Gasteiger partial charge on any atom is -0.508 e. The Kier molecular flexibility index (Phi) is 11.9. The number of aromatic nitrogens is 1. The second-order valence-electron chi connectivity index (χ2n) is 9.53. The van der Waals surface area contributed by atoms with E-state index >= 15 is 0 Å². The summed E-state index contributed by atoms with van der Waals surface area (Å²) in [5.74, 6) is -2.41. The third-order valence-corrected chi connectivity index (χ3v) is 7.54. The van der Waals surface area contributed by atoms with Crippen LogP contribution in [0, 0.1) is 0 Å². The van der Waals surface area contributed by atoms with Gasteiger partial charge in [-0.05, 0) is 47.8 Å². The molecule has 0 saturated carbocycles. The number of benzene rings is 2. The lowest BCUT2D eigenvalue weighted by molar-refractivity contribution is -0.142. The molecule has 0 aliphatic carbocycles. The second-order valence-corrected chi connectivity index (χ2v) is 10.9. The van der Waals surface area contributed by atoms with Crippen molar-refractivity contribution >= 4 is 59.0 Å². The molecule has 3 aromatic rings. The molecule has 220 valence electrons. The zero-order valence-electron chi connectivity index (χ0n) is 22.5. The number of aromatic amines is 1. The Morgan fingerprint density at radius 1 is 0.927 bits per heavy atom. The highest BCUT2D eigenvalue weighted by Crippen LogP contribution is 2.20. The van der Waals surface area contributed by atoms with Crippen LogP contribution in [0.4, 0.5) is 0 Å². The smallest absolute Gasteiger partial charge is 0.326 e. The van der Waals surface area contributed by atoms with Crippen molar-refractivity contribution in [3.63, 3.8) is 0 Å². The van der Waals surface area contributed by atoms with Crippen LogP contribution in [-0.4, -0.2) is 80.8 Å². The van der Waals surface area contributed by atoms with E-state index in [4.69, 9.17) is 5.73 Å². The number of fused-ring (bicyclic) bond motifs is 1. The molecule has 1 heterocycles. The van der Waals surface area contributed by atoms with E-state index in [0.717, 1.165) is 16.5 Å². The van der Waals surface area contributed by atoms with E-state index < -0.39 is 47.9 Å². The number of carboxylic acids is 1. The van der Waals surface area contributed by atoms with Crippen molar-refractivity contribution in [1.82, 2.24) is 20.9 Å². The van der Waals surface area contributed by atoms with Crippen molar-refractivity contribution in [3.8, 4) is 5.75 Å². The SMILES string of the molecule is CSCCC(NC(=O)C(N)CS)C(=O)NC(Cc1c[nH]c2ccccc12)C(=O)NC(Cc1ccc(O)cc1)C(=O)O. The summed E-state index contributed by atoms with van der Waals surface area (Å²) in [7, 11) is 0. The molecule has 0 aliphatic rings. The largest absolute Gasteiger partial charge is 0.508 e. The molecule has 2 aromatic carbocycles. The summed E-state index contributed by atoms with van der Waals surface area (Å²) < 4.78 is 0. The van der Waals surface area contributed by atoms with Crippen LogP contribution in [0.25, 0.3) is 10.9 Å². The van der Waals surface area contributed by atoms with Crippen LogP contribution >= 0.6 is 24.4 Å². The number of phenols is 1. The Morgan fingerprint density at radius 2 is 1.56 bits per heavy atom. The molecule has 4 atom stereocenters. The lowest BCUT2D eigenvalue weighted by Crippen LogP contribution is -2.58. The quantitative estimate of drug-likeness (QED) is 0.119. The van der Waals surface area contributed by atoms with Gasteiger partial charge in [0, 0.05) is 35.7 Å². The monoisotopic (exact) mass is 601 g/mol. The number of aliphatic carboxylic acids is 1. The minimum absolute atomic E-state index is 0.0320. The molecule has 13 heteroatoms. The molecule has 0 aliphatic heterocycles. The molecule has 0 fully saturated rings. The molecular formula is C28H35N5O6S2. The van der Waals surface area contributed by atoms with Gasteiger partial charge in [0.05, 0.1) is 6.04 Å². The number of thiol groups is 1. The van der Waals surface area contributed by atoms with E-state index in [2.05, 4.69) is 33.6 Å². The summed E-state index contributed by atoms with van der Waals surface area (Å²) in [6.07, 6.45) is 3.91. The number of nitrogens with two attached hydrogens (primary N) is 1. The third-order valence-electron chi connectivity index (χ3n) is 6.50. The van der Waals surface area contributed by atoms with Gasteiger partial charge < -0.3 is 36.9 Å². The van der Waals surface area contributed by atoms with Gasteiger partial charge in [0.1, 0.15) is 23.9 Å². The van der Waals surface area contributed by atoms with Gasteiger partial charge in [0.2, 0.25) is 17.7 Å². The van der Waals surface area contributed by atoms with Gasteiger partial charge in [-0.2, -0.15) is 24.4 Å². The Bertz CT molecular complexity index is 1350. The van der Waals surface area contributed by atoms with Crippen LogP contribution in [0.3, 0.4) is 0 Å². The number of rotatable bonds is 15. The average Bonchev–Trinajstić information content (AvgIpc) is 3.37. The fourth-order valence-electron chi connectivity index (χ4n) is 4.21. The molecule has 0 radical (unpaired) electrons. The summed E-state index contributed by atoms with van der Waals surface area (Å²) in [4.78, 5) is 54.6. The van der Waals surface area contributed by atoms with E-state index in [9.17, 15) is 29.4 Å². The number of aromatic hydroxyl groups is 1. The summed E-state index contributed by atoms with van der Waals surface area (Å²) in [5, 5.41) is 28.1. The van der Waals surface area contributed by atoms with Crippen LogP contribution < -0.4 is 21.7 Å². The number of carboxylic acid groups (broad SMARTS) is 1. The number of nitrogens with one attached hydrogen (secondary N) is 4. The maximum atomic E-state index is 13.6. The number of carbonyl (C=O) groups is 4. The highest BCUT2D eigenvalue weighted by molar-refractivity contribution is 7.98. The fraction of sp³-hybridized carbons (Fsp3) is 0.357. The van der Waals surface area contributed by atoms with Crippen molar-refractivity contribution < 1.29 is 29.4 Å². The molecule has 4 unspecified atom stereocenters. The van der Waals surface area contributed by atoms with Gasteiger partial charge in [0.25, 0.3) is 0 Å². The summed E-state index contributed by atoms with van der Waals surface area (Å²) in [6.45, 7) is 0. The first kappa shape index (κ1) is 31.8. The first-order valence-corrected chi connectivity index (χ1v) is 15.0. The number of hydrogen-bond donors (Lipinski definition) is 8. The van der Waals surface area contributed by atoms with Crippen molar-refractivity contribution in [2.75, 3.05) is 17.8 Å². The summed E-state index contributed by atoms with van der Waals surface area (Å²) >= 11 is 5.53. The Morgan fingerprint density at radius 3 is 2.22 bits per heavy atom. The van der Waals surface area contributed by atoms with E-state index in [-0.39, 0.29) is 30.8 Å². The zero-order valence-corrected chi connectivity index (χ0v) is 24.2. The van der Waals surface area contributed by atoms with Crippen molar-refractivity contribution in [2.45, 2.75) is 43.4 Å². The van der Waals surface area contributed by atoms with Gasteiger partial charge in [-0.3, -0.25) is 14.4 Å². The maximum Gasteiger partial charge on any atom is 0.326 e. The standard InChI is InChI=1S/C28H35N5O6S2/c1-41-11-10-22(31-25(35)20(29)15-40)26(36)32-23(13-17-14-30-21-5-3-2-4-19(17)21)27(37)33-24(28(38)39)12-16-6-8-18(34)9-7-16/h2-9,14,20,22-24,30,34,40H,10-13,15,29H2,1H3,(H,31,35)(H,32,36)(H,33,37)(H,38,39). The molecule has 0 spiro atoms. The Hall–Kier alpha value is -3.68. The van der Waals surface area contributed by atoms with E-state index in [0.29, 0.717) is 11.3 Å². The molecule has 3 rings (SSSR count). The third kappa shape index (κ3) is 9.17. The molecule has 11 nitrogen and oxygen atoms in total. The lowest BCUT2D eigenvalue weighted by atomic mass is 10.0. The summed E-state index contributed by atoms with van der Waals surface area (Å²) in [6, 6.07) is 9.13. The number of amides is 3. The highest BCUT2D eigenvalue weighted by atomic mass is 32.2. The molecule has 8 N–H and O–H groups in total. The lowest BCUT2D eigenvalue weighted by Gasteiger charge is -2.25. The van der Waals surface area contributed by atoms with Crippen LogP contribution in [0.5, 0.6) is 5.75 Å². The number of H-pyrrole nitrogens is 1. The molecule has 41 heavy (non-hydrogen) atoms. The number of para-hydroxylation sites is 1. The van der Waals surface area contributed by atoms with Crippen molar-refractivity contribution in [1.29, 1.82) is 0 Å². The zero-order chi connectivity index (χ0) is 29.9. The molecule has 1 aromatic heterocycles. The minimum atomic E-state index is -1.30. The number of thioether (sulfide) groups is 1. The van der Waals surface area contributed by atoms with Crippen LogP contribution in [-0.2, 0) is 32.0 Å². The van der Waals surface area contributed by atoms with Gasteiger partial charge in [-0.15, -0.1) is 0 Å². The number of hydrogen-bond acceptors (Lipinski definition) is 8. The average molecular weight is 602 g/mol. The number of phenolic OH excluding ortho intramolecular Hbond substituents is 1. The first-order chi connectivity index (χ1) is 19.6. The predicted molar refractivity (Wildman–Crippen MR) is 162 cm³/mol.